The molecule has 0 spiro atoms. The lowest BCUT2D eigenvalue weighted by atomic mass is 10.1. The molecule has 0 bridgehead atoms. The fourth-order valence-electron chi connectivity index (χ4n) is 2.83. The first-order chi connectivity index (χ1) is 12.2. The topological polar surface area (TPSA) is 85.4 Å². The molecule has 3 rings (SSSR count). The first-order valence-electron chi connectivity index (χ1n) is 8.36. The van der Waals surface area contributed by atoms with E-state index < -0.39 is 0 Å². The van der Waals surface area contributed by atoms with Crippen LogP contribution in [0.15, 0.2) is 12.1 Å². The lowest BCUT2D eigenvalue weighted by Gasteiger charge is -2.31. The summed E-state index contributed by atoms with van der Waals surface area (Å²) in [6.07, 6.45) is -0.183. The van der Waals surface area contributed by atoms with E-state index in [1.165, 1.54) is 0 Å². The van der Waals surface area contributed by atoms with E-state index in [0.717, 1.165) is 18.7 Å². The Morgan fingerprint density at radius 3 is 2.88 bits per heavy atom. The number of tetrazole rings is 1. The Bertz CT molecular complexity index is 683. The maximum absolute atomic E-state index is 6.40. The molecule has 9 heteroatoms. The van der Waals surface area contributed by atoms with Gasteiger partial charge in [0, 0.05) is 19.6 Å². The number of nitrogens with zero attached hydrogens (tertiary/aromatic N) is 4. The van der Waals surface area contributed by atoms with E-state index in [0.29, 0.717) is 48.7 Å². The maximum atomic E-state index is 6.40. The van der Waals surface area contributed by atoms with Crippen molar-refractivity contribution >= 4 is 11.6 Å². The third kappa shape index (κ3) is 4.39. The van der Waals surface area contributed by atoms with Gasteiger partial charge in [0.2, 0.25) is 5.82 Å². The predicted molar refractivity (Wildman–Crippen MR) is 91.9 cm³/mol. The van der Waals surface area contributed by atoms with Gasteiger partial charge in [0.1, 0.15) is 6.10 Å². The van der Waals surface area contributed by atoms with E-state index in [1.807, 2.05) is 26.0 Å². The van der Waals surface area contributed by atoms with E-state index in [9.17, 15) is 0 Å². The molecule has 0 saturated carbocycles. The van der Waals surface area contributed by atoms with Gasteiger partial charge in [0.15, 0.2) is 11.5 Å². The van der Waals surface area contributed by atoms with Crippen molar-refractivity contribution in [3.63, 3.8) is 0 Å². The largest absolute Gasteiger partial charge is 0.490 e. The van der Waals surface area contributed by atoms with E-state index in [2.05, 4.69) is 25.5 Å². The smallest absolute Gasteiger partial charge is 0.204 e. The normalized spacial score (nSPS) is 18.3. The van der Waals surface area contributed by atoms with Gasteiger partial charge < -0.3 is 14.2 Å². The number of ether oxygens (including phenoxy) is 3. The summed E-state index contributed by atoms with van der Waals surface area (Å²) in [5.74, 6) is 1.85. The Hall–Kier alpha value is -1.90. The number of halogens is 1. The second-order valence-electron chi connectivity index (χ2n) is 5.64. The third-order valence-corrected chi connectivity index (χ3v) is 4.15. The minimum atomic E-state index is -0.183. The first-order valence-corrected chi connectivity index (χ1v) is 8.74. The highest BCUT2D eigenvalue weighted by molar-refractivity contribution is 6.32. The van der Waals surface area contributed by atoms with Crippen LogP contribution in [0.5, 0.6) is 11.5 Å². The molecule has 0 aliphatic carbocycles. The molecule has 0 radical (unpaired) electrons. The van der Waals surface area contributed by atoms with Crippen LogP contribution in [-0.4, -0.2) is 58.4 Å². The van der Waals surface area contributed by atoms with Crippen molar-refractivity contribution < 1.29 is 14.2 Å². The molecular weight excluding hydrogens is 346 g/mol. The van der Waals surface area contributed by atoms with Gasteiger partial charge in [-0.05, 0) is 31.5 Å². The van der Waals surface area contributed by atoms with Gasteiger partial charge in [-0.3, -0.25) is 4.90 Å². The molecule has 1 fully saturated rings. The van der Waals surface area contributed by atoms with Crippen LogP contribution in [0.3, 0.4) is 0 Å². The summed E-state index contributed by atoms with van der Waals surface area (Å²) < 4.78 is 17.0. The van der Waals surface area contributed by atoms with Crippen LogP contribution in [0.2, 0.25) is 5.02 Å². The monoisotopic (exact) mass is 367 g/mol. The maximum Gasteiger partial charge on any atom is 0.204 e. The zero-order valence-electron chi connectivity index (χ0n) is 14.4. The van der Waals surface area contributed by atoms with Crippen LogP contribution < -0.4 is 9.47 Å². The highest BCUT2D eigenvalue weighted by Gasteiger charge is 2.25. The summed E-state index contributed by atoms with van der Waals surface area (Å²) in [6.45, 7) is 7.80. The van der Waals surface area contributed by atoms with E-state index in [4.69, 9.17) is 25.8 Å². The molecule has 8 nitrogen and oxygen atoms in total. The molecule has 2 aromatic rings. The molecule has 1 aromatic carbocycles. The number of nitrogens with one attached hydrogen (secondary N) is 1. The number of rotatable bonds is 7. The van der Waals surface area contributed by atoms with Crippen molar-refractivity contribution in [2.75, 3.05) is 32.9 Å². The zero-order valence-corrected chi connectivity index (χ0v) is 15.1. The van der Waals surface area contributed by atoms with Gasteiger partial charge in [-0.1, -0.05) is 16.8 Å². The predicted octanol–water partition coefficient (Wildman–Crippen LogP) is 2.22. The number of benzene rings is 1. The summed E-state index contributed by atoms with van der Waals surface area (Å²) >= 11 is 6.40. The number of aromatic nitrogens is 4. The van der Waals surface area contributed by atoms with Gasteiger partial charge in [0.25, 0.3) is 0 Å². The highest BCUT2D eigenvalue weighted by Crippen LogP contribution is 2.37. The minimum absolute atomic E-state index is 0.183. The molecule has 0 amide bonds. The van der Waals surface area contributed by atoms with Crippen molar-refractivity contribution in [3.05, 3.63) is 28.5 Å². The summed E-state index contributed by atoms with van der Waals surface area (Å²) in [7, 11) is 0. The van der Waals surface area contributed by atoms with Gasteiger partial charge in [-0.2, -0.15) is 5.21 Å². The lowest BCUT2D eigenvalue weighted by Crippen LogP contribution is -2.38. The van der Waals surface area contributed by atoms with Crippen LogP contribution in [0.1, 0.15) is 31.3 Å². The number of hydrogen-bond donors (Lipinski definition) is 1. The van der Waals surface area contributed by atoms with E-state index >= 15 is 0 Å². The molecule has 1 saturated heterocycles. The number of H-pyrrole nitrogens is 1. The third-order valence-electron chi connectivity index (χ3n) is 3.86. The molecule has 136 valence electrons. The van der Waals surface area contributed by atoms with Crippen LogP contribution in [0.25, 0.3) is 0 Å². The number of morpholine rings is 1. The summed E-state index contributed by atoms with van der Waals surface area (Å²) in [5, 5.41) is 14.6. The molecule has 1 aromatic heterocycles. The minimum Gasteiger partial charge on any atom is -0.490 e. The molecule has 1 aliphatic rings. The number of aromatic amines is 1. The SMILES string of the molecule is CCOc1cc(CN2CCOC(c3nn[nH]n3)C2)cc(Cl)c1OCC. The van der Waals surface area contributed by atoms with Gasteiger partial charge in [0.05, 0.1) is 24.8 Å². The number of hydrogen-bond acceptors (Lipinski definition) is 7. The standard InChI is InChI=1S/C16H22ClN5O3/c1-3-23-13-8-11(7-12(17)15(13)24-4-2)9-22-5-6-25-14(10-22)16-18-20-21-19-16/h7-8,14H,3-6,9-10H2,1-2H3,(H,18,19,20,21). The molecule has 1 unspecified atom stereocenters. The molecule has 1 N–H and O–H groups in total. The zero-order chi connectivity index (χ0) is 17.6. The van der Waals surface area contributed by atoms with Crippen LogP contribution in [0, 0.1) is 0 Å². The highest BCUT2D eigenvalue weighted by atomic mass is 35.5. The van der Waals surface area contributed by atoms with Crippen LogP contribution in [-0.2, 0) is 11.3 Å². The fourth-order valence-corrected chi connectivity index (χ4v) is 3.11. The average molecular weight is 368 g/mol. The Labute approximate surface area is 151 Å². The summed E-state index contributed by atoms with van der Waals surface area (Å²) in [6, 6.07) is 3.91. The second kappa shape index (κ2) is 8.46. The molecule has 2 heterocycles. The van der Waals surface area contributed by atoms with Crippen molar-refractivity contribution in [1.29, 1.82) is 0 Å². The Morgan fingerprint density at radius 1 is 1.32 bits per heavy atom. The first kappa shape index (κ1) is 17.9. The van der Waals surface area contributed by atoms with Gasteiger partial charge >= 0.3 is 0 Å². The van der Waals surface area contributed by atoms with E-state index in [1.54, 1.807) is 0 Å². The summed E-state index contributed by atoms with van der Waals surface area (Å²) in [5.41, 5.74) is 1.06. The lowest BCUT2D eigenvalue weighted by molar-refractivity contribution is -0.0372. The van der Waals surface area contributed by atoms with Crippen LogP contribution >= 0.6 is 11.6 Å². The molecule has 1 atom stereocenters. The molecule has 1 aliphatic heterocycles. The summed E-state index contributed by atoms with van der Waals surface area (Å²) in [4.78, 5) is 2.27. The quantitative estimate of drug-likeness (QED) is 0.803. The Morgan fingerprint density at radius 2 is 2.16 bits per heavy atom. The Balaban J connectivity index is 1.73. The van der Waals surface area contributed by atoms with Crippen molar-refractivity contribution in [1.82, 2.24) is 25.5 Å². The van der Waals surface area contributed by atoms with Gasteiger partial charge in [-0.15, -0.1) is 10.2 Å². The van der Waals surface area contributed by atoms with Crippen molar-refractivity contribution in [2.45, 2.75) is 26.5 Å². The van der Waals surface area contributed by atoms with Crippen molar-refractivity contribution in [3.8, 4) is 11.5 Å². The van der Waals surface area contributed by atoms with Gasteiger partial charge in [-0.25, -0.2) is 0 Å². The van der Waals surface area contributed by atoms with E-state index in [-0.39, 0.29) is 6.10 Å². The van der Waals surface area contributed by atoms with Crippen LogP contribution in [0.4, 0.5) is 0 Å². The fraction of sp³-hybridized carbons (Fsp3) is 0.562. The molecular formula is C16H22ClN5O3. The Kier molecular flexibility index (Phi) is 6.06. The second-order valence-corrected chi connectivity index (χ2v) is 6.04. The van der Waals surface area contributed by atoms with Crippen molar-refractivity contribution in [2.24, 2.45) is 0 Å². The molecule has 25 heavy (non-hydrogen) atoms. The average Bonchev–Trinajstić information content (AvgIpc) is 3.13.